The van der Waals surface area contributed by atoms with Crippen LogP contribution in [0, 0.1) is 0 Å². The second kappa shape index (κ2) is 5.12. The molecule has 1 saturated heterocycles. The van der Waals surface area contributed by atoms with Crippen LogP contribution in [0.25, 0.3) is 10.9 Å². The number of pyridine rings is 1. The molecule has 2 aromatic rings. The first-order chi connectivity index (χ1) is 9.63. The van der Waals surface area contributed by atoms with Gasteiger partial charge in [0.2, 0.25) is 5.91 Å². The fourth-order valence-corrected chi connectivity index (χ4v) is 2.68. The third kappa shape index (κ3) is 2.46. The van der Waals surface area contributed by atoms with Crippen LogP contribution in [0.5, 0.6) is 0 Å². The number of rotatable bonds is 3. The number of hydrogen-bond donors (Lipinski definition) is 1. The van der Waals surface area contributed by atoms with Crippen molar-refractivity contribution < 1.29 is 4.79 Å². The summed E-state index contributed by atoms with van der Waals surface area (Å²) in [7, 11) is 0. The van der Waals surface area contributed by atoms with Gasteiger partial charge in [-0.2, -0.15) is 0 Å². The lowest BCUT2D eigenvalue weighted by Crippen LogP contribution is -2.33. The van der Waals surface area contributed by atoms with E-state index in [0.717, 1.165) is 23.3 Å². The minimum atomic E-state index is 0.151. The Bertz CT molecular complexity index is 638. The molecule has 1 amide bonds. The van der Waals surface area contributed by atoms with Crippen molar-refractivity contribution in [3.8, 4) is 0 Å². The molecule has 0 bridgehead atoms. The highest BCUT2D eigenvalue weighted by Crippen LogP contribution is 2.20. The number of fused-ring (bicyclic) bond motifs is 1. The van der Waals surface area contributed by atoms with Gasteiger partial charge in [-0.05, 0) is 32.0 Å². The molecule has 0 saturated carbocycles. The molecule has 0 spiro atoms. The van der Waals surface area contributed by atoms with Crippen LogP contribution in [-0.2, 0) is 4.79 Å². The largest absolute Gasteiger partial charge is 0.365 e. The number of likely N-dealkylation sites (tertiary alicyclic amines) is 1. The lowest BCUT2D eigenvalue weighted by atomic mass is 10.2. The summed E-state index contributed by atoms with van der Waals surface area (Å²) in [6.07, 6.45) is 0.548. The van der Waals surface area contributed by atoms with Crippen LogP contribution in [-0.4, -0.2) is 34.4 Å². The molecule has 1 N–H and O–H groups in total. The summed E-state index contributed by atoms with van der Waals surface area (Å²) in [6.45, 7) is 4.86. The zero-order valence-corrected chi connectivity index (χ0v) is 11.8. The Morgan fingerprint density at radius 3 is 2.80 bits per heavy atom. The summed E-state index contributed by atoms with van der Waals surface area (Å²) < 4.78 is 0. The number of carbonyl (C=O) groups excluding carboxylic acids is 1. The number of nitrogens with one attached hydrogen (secondary N) is 1. The van der Waals surface area contributed by atoms with Crippen molar-refractivity contribution >= 4 is 22.6 Å². The zero-order chi connectivity index (χ0) is 14.1. The average molecular weight is 269 g/mol. The molecule has 4 heteroatoms. The van der Waals surface area contributed by atoms with Crippen molar-refractivity contribution in [3.05, 3.63) is 36.4 Å². The van der Waals surface area contributed by atoms with E-state index >= 15 is 0 Å². The van der Waals surface area contributed by atoms with Crippen LogP contribution >= 0.6 is 0 Å². The van der Waals surface area contributed by atoms with Crippen molar-refractivity contribution in [3.63, 3.8) is 0 Å². The molecule has 3 rings (SSSR count). The first-order valence-corrected chi connectivity index (χ1v) is 7.05. The van der Waals surface area contributed by atoms with Gasteiger partial charge in [0.1, 0.15) is 5.82 Å². The maximum atomic E-state index is 11.9. The molecular formula is C16H19N3O. The quantitative estimate of drug-likeness (QED) is 0.931. The van der Waals surface area contributed by atoms with E-state index in [4.69, 9.17) is 0 Å². The maximum absolute atomic E-state index is 11.9. The lowest BCUT2D eigenvalue weighted by Gasteiger charge is -2.21. The highest BCUT2D eigenvalue weighted by Gasteiger charge is 2.31. The number of nitrogens with zero attached hydrogens (tertiary/aromatic N) is 2. The molecule has 1 unspecified atom stereocenters. The molecule has 1 atom stereocenters. The Hall–Kier alpha value is -2.10. The van der Waals surface area contributed by atoms with Gasteiger partial charge in [-0.15, -0.1) is 0 Å². The number of amides is 1. The van der Waals surface area contributed by atoms with Crippen LogP contribution in [0.1, 0.15) is 20.3 Å². The first-order valence-electron chi connectivity index (χ1n) is 7.05. The van der Waals surface area contributed by atoms with E-state index < -0.39 is 0 Å². The van der Waals surface area contributed by atoms with Crippen molar-refractivity contribution in [2.45, 2.75) is 32.4 Å². The van der Waals surface area contributed by atoms with E-state index in [1.54, 1.807) is 0 Å². The molecule has 1 aromatic carbocycles. The summed E-state index contributed by atoms with van der Waals surface area (Å²) in [4.78, 5) is 18.4. The molecule has 0 radical (unpaired) electrons. The fraction of sp³-hybridized carbons (Fsp3) is 0.375. The Morgan fingerprint density at radius 2 is 2.05 bits per heavy atom. The average Bonchev–Trinajstić information content (AvgIpc) is 2.79. The highest BCUT2D eigenvalue weighted by molar-refractivity contribution is 5.81. The Morgan fingerprint density at radius 1 is 1.25 bits per heavy atom. The van der Waals surface area contributed by atoms with Crippen LogP contribution in [0.15, 0.2) is 36.4 Å². The lowest BCUT2D eigenvalue weighted by molar-refractivity contribution is -0.129. The SMILES string of the molecule is CC(C)N1CC(Nc2ccc3ccccc3n2)CC1=O. The van der Waals surface area contributed by atoms with Crippen LogP contribution in [0.3, 0.4) is 0 Å². The summed E-state index contributed by atoms with van der Waals surface area (Å²) in [5.74, 6) is 1.06. The highest BCUT2D eigenvalue weighted by atomic mass is 16.2. The van der Waals surface area contributed by atoms with Gasteiger partial charge in [0.25, 0.3) is 0 Å². The predicted octanol–water partition coefficient (Wildman–Crippen LogP) is 2.66. The summed E-state index contributed by atoms with van der Waals surface area (Å²) in [5.41, 5.74) is 0.975. The van der Waals surface area contributed by atoms with Crippen molar-refractivity contribution in [2.24, 2.45) is 0 Å². The predicted molar refractivity (Wildman–Crippen MR) is 80.6 cm³/mol. The van der Waals surface area contributed by atoms with Crippen molar-refractivity contribution in [1.29, 1.82) is 0 Å². The monoisotopic (exact) mass is 269 g/mol. The molecule has 1 aliphatic rings. The second-order valence-electron chi connectivity index (χ2n) is 5.57. The Balaban J connectivity index is 1.75. The molecule has 1 aliphatic heterocycles. The first kappa shape index (κ1) is 12.9. The second-order valence-corrected chi connectivity index (χ2v) is 5.57. The Kier molecular flexibility index (Phi) is 3.30. The molecule has 1 aromatic heterocycles. The van der Waals surface area contributed by atoms with Gasteiger partial charge in [-0.1, -0.05) is 18.2 Å². The van der Waals surface area contributed by atoms with E-state index in [1.807, 2.05) is 35.2 Å². The number of anilines is 1. The fourth-order valence-electron chi connectivity index (χ4n) is 2.68. The molecule has 20 heavy (non-hydrogen) atoms. The number of benzene rings is 1. The third-order valence-electron chi connectivity index (χ3n) is 3.73. The maximum Gasteiger partial charge on any atom is 0.225 e. The van der Waals surface area contributed by atoms with Gasteiger partial charge in [0, 0.05) is 24.4 Å². The van der Waals surface area contributed by atoms with E-state index in [1.165, 1.54) is 0 Å². The van der Waals surface area contributed by atoms with Crippen molar-refractivity contribution in [2.75, 3.05) is 11.9 Å². The third-order valence-corrected chi connectivity index (χ3v) is 3.73. The van der Waals surface area contributed by atoms with Gasteiger partial charge in [-0.3, -0.25) is 4.79 Å². The van der Waals surface area contributed by atoms with Gasteiger partial charge >= 0.3 is 0 Å². The normalized spacial score (nSPS) is 19.1. The van der Waals surface area contributed by atoms with Crippen LogP contribution < -0.4 is 5.32 Å². The number of para-hydroxylation sites is 1. The van der Waals surface area contributed by atoms with Crippen LogP contribution in [0.4, 0.5) is 5.82 Å². The van der Waals surface area contributed by atoms with Gasteiger partial charge < -0.3 is 10.2 Å². The molecule has 2 heterocycles. The van der Waals surface area contributed by atoms with E-state index in [9.17, 15) is 4.79 Å². The Labute approximate surface area is 118 Å². The van der Waals surface area contributed by atoms with Gasteiger partial charge in [-0.25, -0.2) is 4.98 Å². The summed E-state index contributed by atoms with van der Waals surface area (Å²) in [6, 6.07) is 12.5. The van der Waals surface area contributed by atoms with Gasteiger partial charge in [0.05, 0.1) is 11.6 Å². The molecular weight excluding hydrogens is 250 g/mol. The van der Waals surface area contributed by atoms with E-state index in [0.29, 0.717) is 6.42 Å². The van der Waals surface area contributed by atoms with E-state index in [2.05, 4.69) is 30.2 Å². The van der Waals surface area contributed by atoms with Crippen LogP contribution in [0.2, 0.25) is 0 Å². The number of aromatic nitrogens is 1. The number of carbonyl (C=O) groups is 1. The summed E-state index contributed by atoms with van der Waals surface area (Å²) in [5, 5.41) is 4.50. The molecule has 1 fully saturated rings. The molecule has 0 aliphatic carbocycles. The smallest absolute Gasteiger partial charge is 0.225 e. The van der Waals surface area contributed by atoms with Gasteiger partial charge in [0.15, 0.2) is 0 Å². The minimum Gasteiger partial charge on any atom is -0.365 e. The molecule has 104 valence electrons. The number of hydrogen-bond acceptors (Lipinski definition) is 3. The molecule has 4 nitrogen and oxygen atoms in total. The summed E-state index contributed by atoms with van der Waals surface area (Å²) >= 11 is 0. The van der Waals surface area contributed by atoms with E-state index in [-0.39, 0.29) is 18.0 Å². The topological polar surface area (TPSA) is 45.2 Å². The van der Waals surface area contributed by atoms with Crippen molar-refractivity contribution in [1.82, 2.24) is 9.88 Å². The zero-order valence-electron chi connectivity index (χ0n) is 11.8. The standard InChI is InChI=1S/C16H19N3O/c1-11(2)19-10-13(9-16(19)20)17-15-8-7-12-5-3-4-6-14(12)18-15/h3-8,11,13H,9-10H2,1-2H3,(H,17,18). The minimum absolute atomic E-state index is 0.151.